The van der Waals surface area contributed by atoms with Crippen molar-refractivity contribution in [3.8, 4) is 11.5 Å². The van der Waals surface area contributed by atoms with Crippen LogP contribution in [0, 0.1) is 5.82 Å². The van der Waals surface area contributed by atoms with Gasteiger partial charge in [-0.3, -0.25) is 0 Å². The second-order valence-electron chi connectivity index (χ2n) is 6.58. The second kappa shape index (κ2) is 7.62. The van der Waals surface area contributed by atoms with E-state index in [-0.39, 0.29) is 11.9 Å². The van der Waals surface area contributed by atoms with Crippen molar-refractivity contribution >= 4 is 0 Å². The van der Waals surface area contributed by atoms with Gasteiger partial charge in [-0.25, -0.2) is 9.37 Å². The Labute approximate surface area is 147 Å². The number of hydrogen-bond donors (Lipinski definition) is 1. The molecular weight excluding hydrogens is 315 g/mol. The van der Waals surface area contributed by atoms with Crippen molar-refractivity contribution in [2.75, 3.05) is 0 Å². The molecular formula is C21H23FN2O. The first-order valence-corrected chi connectivity index (χ1v) is 8.56. The predicted octanol–water partition coefficient (Wildman–Crippen LogP) is 5.45. The van der Waals surface area contributed by atoms with Crippen molar-refractivity contribution in [2.24, 2.45) is 0 Å². The molecule has 2 aromatic carbocycles. The average Bonchev–Trinajstić information content (AvgIpc) is 3.09. The normalized spacial score (nSPS) is 12.5. The number of rotatable bonds is 6. The Bertz CT molecular complexity index is 824. The lowest BCUT2D eigenvalue weighted by atomic mass is 9.99. The minimum atomic E-state index is -0.297. The molecule has 4 heteroatoms. The van der Waals surface area contributed by atoms with Crippen LogP contribution in [0.1, 0.15) is 49.6 Å². The zero-order valence-electron chi connectivity index (χ0n) is 14.8. The van der Waals surface area contributed by atoms with Crippen molar-refractivity contribution < 1.29 is 8.81 Å². The molecule has 3 rings (SSSR count). The maximum atomic E-state index is 13.3. The van der Waals surface area contributed by atoms with Crippen molar-refractivity contribution in [2.45, 2.75) is 39.3 Å². The Hall–Kier alpha value is -2.46. The van der Waals surface area contributed by atoms with Gasteiger partial charge in [-0.2, -0.15) is 0 Å². The summed E-state index contributed by atoms with van der Waals surface area (Å²) in [5.74, 6) is 0.674. The van der Waals surface area contributed by atoms with Crippen molar-refractivity contribution in [1.82, 2.24) is 10.3 Å². The van der Waals surface area contributed by atoms with E-state index in [9.17, 15) is 4.39 Å². The van der Waals surface area contributed by atoms with Crippen LogP contribution in [0.25, 0.3) is 11.5 Å². The molecule has 0 saturated carbocycles. The van der Waals surface area contributed by atoms with E-state index in [1.54, 1.807) is 18.4 Å². The molecule has 1 atom stereocenters. The molecule has 0 amide bonds. The summed E-state index contributed by atoms with van der Waals surface area (Å²) in [4.78, 5) is 4.43. The summed E-state index contributed by atoms with van der Waals surface area (Å²) in [5.41, 5.74) is 4.01. The van der Waals surface area contributed by atoms with Gasteiger partial charge in [-0.1, -0.05) is 44.2 Å². The molecule has 0 saturated heterocycles. The summed E-state index contributed by atoms with van der Waals surface area (Å²) in [7, 11) is 0. The topological polar surface area (TPSA) is 38.1 Å². The molecule has 3 aromatic rings. The second-order valence-corrected chi connectivity index (χ2v) is 6.58. The Morgan fingerprint density at radius 3 is 2.44 bits per heavy atom. The molecule has 1 unspecified atom stereocenters. The lowest BCUT2D eigenvalue weighted by Crippen LogP contribution is -2.18. The number of halogens is 1. The molecule has 25 heavy (non-hydrogen) atoms. The fraction of sp³-hybridized carbons (Fsp3) is 0.286. The first kappa shape index (κ1) is 17.4. The van der Waals surface area contributed by atoms with Crippen molar-refractivity contribution in [3.05, 3.63) is 77.4 Å². The van der Waals surface area contributed by atoms with Crippen LogP contribution in [-0.4, -0.2) is 4.98 Å². The van der Waals surface area contributed by atoms with Crippen molar-refractivity contribution in [3.63, 3.8) is 0 Å². The maximum Gasteiger partial charge on any atom is 0.226 e. The maximum absolute atomic E-state index is 13.3. The lowest BCUT2D eigenvalue weighted by Gasteiger charge is -2.14. The molecule has 0 radical (unpaired) electrons. The third kappa shape index (κ3) is 4.34. The third-order valence-electron chi connectivity index (χ3n) is 4.32. The quantitative estimate of drug-likeness (QED) is 0.649. The van der Waals surface area contributed by atoms with Crippen LogP contribution < -0.4 is 5.32 Å². The SMILES string of the molecule is CC(C)c1ccc(C(C)NCc2coc(-c3cccc(F)c3)n2)cc1. The summed E-state index contributed by atoms with van der Waals surface area (Å²) < 4.78 is 18.8. The van der Waals surface area contributed by atoms with Gasteiger partial charge in [0, 0.05) is 18.2 Å². The molecule has 1 aromatic heterocycles. The summed E-state index contributed by atoms with van der Waals surface area (Å²) >= 11 is 0. The van der Waals surface area contributed by atoms with E-state index in [0.29, 0.717) is 23.9 Å². The molecule has 3 nitrogen and oxygen atoms in total. The van der Waals surface area contributed by atoms with Gasteiger partial charge < -0.3 is 9.73 Å². The Morgan fingerprint density at radius 1 is 1.04 bits per heavy atom. The van der Waals surface area contributed by atoms with E-state index in [2.05, 4.69) is 55.3 Å². The fourth-order valence-corrected chi connectivity index (χ4v) is 2.69. The first-order valence-electron chi connectivity index (χ1n) is 8.56. The van der Waals surface area contributed by atoms with Gasteiger partial charge in [-0.05, 0) is 42.2 Å². The Morgan fingerprint density at radius 2 is 1.76 bits per heavy atom. The first-order chi connectivity index (χ1) is 12.0. The number of hydrogen-bond acceptors (Lipinski definition) is 3. The van der Waals surface area contributed by atoms with Gasteiger partial charge in [0.05, 0.1) is 5.69 Å². The van der Waals surface area contributed by atoms with Gasteiger partial charge in [-0.15, -0.1) is 0 Å². The average molecular weight is 338 g/mol. The van der Waals surface area contributed by atoms with Gasteiger partial charge in [0.1, 0.15) is 12.1 Å². The standard InChI is InChI=1S/C21H23FN2O/c1-14(2)16-7-9-17(10-8-16)15(3)23-12-20-13-25-21(24-20)18-5-4-6-19(22)11-18/h4-11,13-15,23H,12H2,1-3H3. The van der Waals surface area contributed by atoms with Gasteiger partial charge >= 0.3 is 0 Å². The van der Waals surface area contributed by atoms with Crippen LogP contribution in [0.3, 0.4) is 0 Å². The minimum Gasteiger partial charge on any atom is -0.444 e. The number of nitrogens with one attached hydrogen (secondary N) is 1. The molecule has 0 aliphatic carbocycles. The minimum absolute atomic E-state index is 0.204. The monoisotopic (exact) mass is 338 g/mol. The van der Waals surface area contributed by atoms with E-state index in [1.807, 2.05) is 0 Å². The highest BCUT2D eigenvalue weighted by atomic mass is 19.1. The zero-order chi connectivity index (χ0) is 17.8. The summed E-state index contributed by atoms with van der Waals surface area (Å²) in [5, 5.41) is 3.44. The van der Waals surface area contributed by atoms with Crippen LogP contribution in [0.15, 0.2) is 59.2 Å². The predicted molar refractivity (Wildman–Crippen MR) is 97.7 cm³/mol. The highest BCUT2D eigenvalue weighted by Gasteiger charge is 2.10. The Balaban J connectivity index is 1.62. The highest BCUT2D eigenvalue weighted by molar-refractivity contribution is 5.52. The third-order valence-corrected chi connectivity index (χ3v) is 4.32. The summed E-state index contributed by atoms with van der Waals surface area (Å²) in [6.45, 7) is 7.10. The lowest BCUT2D eigenvalue weighted by molar-refractivity contribution is 0.553. The number of nitrogens with zero attached hydrogens (tertiary/aromatic N) is 1. The van der Waals surface area contributed by atoms with E-state index in [0.717, 1.165) is 5.69 Å². The number of benzene rings is 2. The van der Waals surface area contributed by atoms with Gasteiger partial charge in [0.25, 0.3) is 0 Å². The molecule has 0 aliphatic heterocycles. The zero-order valence-corrected chi connectivity index (χ0v) is 14.8. The highest BCUT2D eigenvalue weighted by Crippen LogP contribution is 2.21. The van der Waals surface area contributed by atoms with Crippen LogP contribution >= 0.6 is 0 Å². The molecule has 1 heterocycles. The Kier molecular flexibility index (Phi) is 5.29. The van der Waals surface area contributed by atoms with Gasteiger partial charge in [0.15, 0.2) is 0 Å². The van der Waals surface area contributed by atoms with E-state index < -0.39 is 0 Å². The van der Waals surface area contributed by atoms with Gasteiger partial charge in [0.2, 0.25) is 5.89 Å². The van der Waals surface area contributed by atoms with Crippen LogP contribution in [0.4, 0.5) is 4.39 Å². The molecule has 1 N–H and O–H groups in total. The summed E-state index contributed by atoms with van der Waals surface area (Å²) in [6.07, 6.45) is 1.61. The number of aromatic nitrogens is 1. The molecule has 130 valence electrons. The van der Waals surface area contributed by atoms with Crippen LogP contribution in [-0.2, 0) is 6.54 Å². The van der Waals surface area contributed by atoms with Crippen LogP contribution in [0.5, 0.6) is 0 Å². The molecule has 0 spiro atoms. The van der Waals surface area contributed by atoms with Crippen LogP contribution in [0.2, 0.25) is 0 Å². The molecule has 0 fully saturated rings. The smallest absolute Gasteiger partial charge is 0.226 e. The molecule has 0 aliphatic rings. The number of oxazole rings is 1. The van der Waals surface area contributed by atoms with E-state index in [1.165, 1.54) is 23.3 Å². The fourth-order valence-electron chi connectivity index (χ4n) is 2.69. The summed E-state index contributed by atoms with van der Waals surface area (Å²) in [6, 6.07) is 15.1. The van der Waals surface area contributed by atoms with E-state index in [4.69, 9.17) is 4.42 Å². The van der Waals surface area contributed by atoms with E-state index >= 15 is 0 Å². The largest absolute Gasteiger partial charge is 0.444 e. The molecule has 0 bridgehead atoms. The van der Waals surface area contributed by atoms with Crippen molar-refractivity contribution in [1.29, 1.82) is 0 Å².